The van der Waals surface area contributed by atoms with Crippen LogP contribution in [0, 0.1) is 0 Å². The molecule has 0 radical (unpaired) electrons. The average Bonchev–Trinajstić information content (AvgIpc) is 2.66. The molecule has 0 amide bonds. The summed E-state index contributed by atoms with van der Waals surface area (Å²) < 4.78 is 29.7. The van der Waals surface area contributed by atoms with E-state index in [0.717, 1.165) is 32.5 Å². The minimum absolute atomic E-state index is 0. The number of ether oxygens (including phenoxy) is 1. The van der Waals surface area contributed by atoms with Crippen LogP contribution in [0.4, 0.5) is 8.78 Å². The molecule has 5 nitrogen and oxygen atoms in total. The molecule has 2 rings (SSSR count). The second-order valence-electron chi connectivity index (χ2n) is 6.67. The first kappa shape index (κ1) is 25.2. The molecule has 0 saturated carbocycles. The first-order chi connectivity index (χ1) is 13.0. The van der Waals surface area contributed by atoms with Gasteiger partial charge in [0.15, 0.2) is 5.96 Å². The van der Waals surface area contributed by atoms with Crippen LogP contribution in [0.15, 0.2) is 23.2 Å². The van der Waals surface area contributed by atoms with Gasteiger partial charge < -0.3 is 20.3 Å². The van der Waals surface area contributed by atoms with Gasteiger partial charge in [0.1, 0.15) is 5.75 Å². The van der Waals surface area contributed by atoms with Crippen molar-refractivity contribution in [3.63, 3.8) is 0 Å². The van der Waals surface area contributed by atoms with Crippen LogP contribution in [0.25, 0.3) is 0 Å². The number of rotatable bonds is 8. The molecule has 9 heteroatoms. The Morgan fingerprint density at radius 2 is 2.07 bits per heavy atom. The first-order valence-corrected chi connectivity index (χ1v) is 9.82. The standard InChI is InChI=1S/C19H29ClF2N4O.HI/c1-3-4-9-26-10-7-16(8-11-26)25-19(23-2)24-13-14-12-15(20)5-6-17(14)27-18(21)22;/h5-6,12,16,18H,3-4,7-11,13H2,1-2H3,(H2,23,24,25);1H. The van der Waals surface area contributed by atoms with E-state index in [4.69, 9.17) is 11.6 Å². The predicted molar refractivity (Wildman–Crippen MR) is 121 cm³/mol. The number of nitrogens with zero attached hydrogens (tertiary/aromatic N) is 2. The van der Waals surface area contributed by atoms with Crippen molar-refractivity contribution in [1.82, 2.24) is 15.5 Å². The van der Waals surface area contributed by atoms with Gasteiger partial charge in [-0.1, -0.05) is 24.9 Å². The normalized spacial score (nSPS) is 16.0. The van der Waals surface area contributed by atoms with Gasteiger partial charge in [-0.25, -0.2) is 0 Å². The van der Waals surface area contributed by atoms with E-state index in [1.165, 1.54) is 25.0 Å². The van der Waals surface area contributed by atoms with E-state index >= 15 is 0 Å². The summed E-state index contributed by atoms with van der Waals surface area (Å²) in [5, 5.41) is 7.05. The van der Waals surface area contributed by atoms with Gasteiger partial charge in [-0.15, -0.1) is 24.0 Å². The number of halogens is 4. The van der Waals surface area contributed by atoms with Gasteiger partial charge in [0, 0.05) is 43.3 Å². The zero-order valence-corrected chi connectivity index (χ0v) is 19.5. The van der Waals surface area contributed by atoms with E-state index in [-0.39, 0.29) is 36.3 Å². The van der Waals surface area contributed by atoms with Crippen molar-refractivity contribution < 1.29 is 13.5 Å². The van der Waals surface area contributed by atoms with E-state index in [0.29, 0.717) is 22.6 Å². The molecule has 28 heavy (non-hydrogen) atoms. The monoisotopic (exact) mass is 530 g/mol. The van der Waals surface area contributed by atoms with E-state index in [2.05, 4.69) is 32.2 Å². The number of guanidine groups is 1. The second kappa shape index (κ2) is 13.4. The molecule has 2 N–H and O–H groups in total. The highest BCUT2D eigenvalue weighted by Crippen LogP contribution is 2.24. The Kier molecular flexibility index (Phi) is 12.0. The Labute approximate surface area is 188 Å². The summed E-state index contributed by atoms with van der Waals surface area (Å²) in [6.45, 7) is 2.95. The van der Waals surface area contributed by atoms with Crippen LogP contribution in [-0.2, 0) is 6.54 Å². The fourth-order valence-corrected chi connectivity index (χ4v) is 3.34. The van der Waals surface area contributed by atoms with Gasteiger partial charge in [-0.2, -0.15) is 8.78 Å². The molecule has 1 saturated heterocycles. The Morgan fingerprint density at radius 3 is 2.68 bits per heavy atom. The summed E-state index contributed by atoms with van der Waals surface area (Å²) in [6, 6.07) is 4.95. The fourth-order valence-electron chi connectivity index (χ4n) is 3.15. The van der Waals surface area contributed by atoms with Crippen molar-refractivity contribution in [2.24, 2.45) is 4.99 Å². The highest BCUT2D eigenvalue weighted by molar-refractivity contribution is 14.0. The Bertz CT molecular complexity index is 614. The smallest absolute Gasteiger partial charge is 0.387 e. The fraction of sp³-hybridized carbons (Fsp3) is 0.632. The molecule has 1 aliphatic heterocycles. The molecule has 0 unspecified atom stereocenters. The Morgan fingerprint density at radius 1 is 1.36 bits per heavy atom. The summed E-state index contributed by atoms with van der Waals surface area (Å²) in [6.07, 6.45) is 4.57. The molecule has 1 fully saturated rings. The van der Waals surface area contributed by atoms with Gasteiger partial charge in [-0.05, 0) is 44.0 Å². The zero-order chi connectivity index (χ0) is 19.6. The van der Waals surface area contributed by atoms with Crippen molar-refractivity contribution in [3.8, 4) is 5.75 Å². The SMILES string of the molecule is CCCCN1CCC(NC(=NC)NCc2cc(Cl)ccc2OC(F)F)CC1.I. The molecule has 0 aromatic heterocycles. The number of hydrogen-bond acceptors (Lipinski definition) is 3. The molecule has 0 bridgehead atoms. The molecule has 1 aromatic carbocycles. The number of benzene rings is 1. The minimum atomic E-state index is -2.87. The van der Waals surface area contributed by atoms with E-state index in [1.54, 1.807) is 13.1 Å². The van der Waals surface area contributed by atoms with Crippen LogP contribution >= 0.6 is 35.6 Å². The molecule has 0 spiro atoms. The first-order valence-electron chi connectivity index (χ1n) is 9.44. The molecule has 1 aromatic rings. The maximum Gasteiger partial charge on any atom is 0.387 e. The third-order valence-electron chi connectivity index (χ3n) is 4.66. The number of piperidine rings is 1. The van der Waals surface area contributed by atoms with E-state index < -0.39 is 6.61 Å². The van der Waals surface area contributed by atoms with Gasteiger partial charge >= 0.3 is 6.61 Å². The van der Waals surface area contributed by atoms with Crippen molar-refractivity contribution >= 4 is 41.5 Å². The number of aliphatic imine (C=N–C) groups is 1. The maximum absolute atomic E-state index is 12.6. The van der Waals surface area contributed by atoms with E-state index in [9.17, 15) is 8.78 Å². The molecule has 1 aliphatic rings. The summed E-state index contributed by atoms with van der Waals surface area (Å²) in [5.74, 6) is 0.756. The summed E-state index contributed by atoms with van der Waals surface area (Å²) in [4.78, 5) is 6.74. The van der Waals surface area contributed by atoms with Crippen LogP contribution in [-0.4, -0.2) is 50.2 Å². The van der Waals surface area contributed by atoms with Crippen molar-refractivity contribution in [3.05, 3.63) is 28.8 Å². The lowest BCUT2D eigenvalue weighted by Crippen LogP contribution is -2.48. The topological polar surface area (TPSA) is 48.9 Å². The molecular formula is C19H30ClF2IN4O. The second-order valence-corrected chi connectivity index (χ2v) is 7.11. The number of hydrogen-bond donors (Lipinski definition) is 2. The summed E-state index contributed by atoms with van der Waals surface area (Å²) >= 11 is 5.99. The number of nitrogens with one attached hydrogen (secondary N) is 2. The lowest BCUT2D eigenvalue weighted by atomic mass is 10.0. The highest BCUT2D eigenvalue weighted by Gasteiger charge is 2.19. The molecule has 1 heterocycles. The lowest BCUT2D eigenvalue weighted by Gasteiger charge is -2.33. The summed E-state index contributed by atoms with van der Waals surface area (Å²) in [5.41, 5.74) is 0.556. The molecule has 160 valence electrons. The quantitative estimate of drug-likeness (QED) is 0.295. The average molecular weight is 531 g/mol. The van der Waals surface area contributed by atoms with Gasteiger partial charge in [-0.3, -0.25) is 4.99 Å². The number of alkyl halides is 2. The number of unbranched alkanes of at least 4 members (excludes halogenated alkanes) is 1. The molecular weight excluding hydrogens is 501 g/mol. The van der Waals surface area contributed by atoms with Crippen molar-refractivity contribution in [2.75, 3.05) is 26.7 Å². The van der Waals surface area contributed by atoms with Crippen LogP contribution in [0.3, 0.4) is 0 Å². The maximum atomic E-state index is 12.6. The van der Waals surface area contributed by atoms with Gasteiger partial charge in [0.05, 0.1) is 0 Å². The largest absolute Gasteiger partial charge is 0.434 e. The van der Waals surface area contributed by atoms with Gasteiger partial charge in [0.25, 0.3) is 0 Å². The Hall–Kier alpha value is -0.870. The van der Waals surface area contributed by atoms with Crippen molar-refractivity contribution in [2.45, 2.75) is 51.8 Å². The van der Waals surface area contributed by atoms with Crippen LogP contribution in [0.2, 0.25) is 5.02 Å². The zero-order valence-electron chi connectivity index (χ0n) is 16.4. The van der Waals surface area contributed by atoms with E-state index in [1.807, 2.05) is 0 Å². The van der Waals surface area contributed by atoms with Crippen LogP contribution in [0.5, 0.6) is 5.75 Å². The Balaban J connectivity index is 0.00000392. The van der Waals surface area contributed by atoms with Crippen LogP contribution in [0.1, 0.15) is 38.2 Å². The van der Waals surface area contributed by atoms with Crippen LogP contribution < -0.4 is 15.4 Å². The minimum Gasteiger partial charge on any atom is -0.434 e. The summed E-state index contributed by atoms with van der Waals surface area (Å²) in [7, 11) is 1.69. The van der Waals surface area contributed by atoms with Crippen molar-refractivity contribution in [1.29, 1.82) is 0 Å². The number of likely N-dealkylation sites (tertiary alicyclic amines) is 1. The third kappa shape index (κ3) is 8.65. The lowest BCUT2D eigenvalue weighted by molar-refractivity contribution is -0.0504. The molecule has 0 atom stereocenters. The highest BCUT2D eigenvalue weighted by atomic mass is 127. The molecule has 0 aliphatic carbocycles. The predicted octanol–water partition coefficient (Wildman–Crippen LogP) is 4.49. The third-order valence-corrected chi connectivity index (χ3v) is 4.90. The van der Waals surface area contributed by atoms with Gasteiger partial charge in [0.2, 0.25) is 0 Å².